The largest absolute Gasteiger partial charge is 0.444 e. The standard InChI is InChI=1S/C20H31N3O3S/c1-20(2,3)26-19(25)23-13-11-22(12-14-23)10-9-21-18(24)16-27-15-17-7-5-4-6-8-17/h4-8H,9-16H2,1-3H3,(H,21,24). The van der Waals surface area contributed by atoms with Crippen molar-refractivity contribution in [3.05, 3.63) is 35.9 Å². The summed E-state index contributed by atoms with van der Waals surface area (Å²) in [5, 5.41) is 2.97. The predicted octanol–water partition coefficient (Wildman–Crippen LogP) is 2.59. The Bertz CT molecular complexity index is 596. The Labute approximate surface area is 166 Å². The number of carbonyl (C=O) groups excluding carboxylic acids is 2. The highest BCUT2D eigenvalue weighted by Gasteiger charge is 2.25. The van der Waals surface area contributed by atoms with Crippen molar-refractivity contribution in [2.75, 3.05) is 45.0 Å². The summed E-state index contributed by atoms with van der Waals surface area (Å²) in [5.74, 6) is 1.39. The Balaban J connectivity index is 1.55. The summed E-state index contributed by atoms with van der Waals surface area (Å²) in [5.41, 5.74) is 0.773. The zero-order valence-electron chi connectivity index (χ0n) is 16.6. The van der Waals surface area contributed by atoms with Crippen molar-refractivity contribution in [1.29, 1.82) is 0 Å². The van der Waals surface area contributed by atoms with Crippen molar-refractivity contribution in [2.45, 2.75) is 32.1 Å². The van der Waals surface area contributed by atoms with Crippen LogP contribution in [-0.4, -0.2) is 72.4 Å². The third kappa shape index (κ3) is 8.67. The molecule has 0 spiro atoms. The summed E-state index contributed by atoms with van der Waals surface area (Å²) < 4.78 is 5.40. The van der Waals surface area contributed by atoms with Gasteiger partial charge in [0.25, 0.3) is 0 Å². The predicted molar refractivity (Wildman–Crippen MR) is 110 cm³/mol. The molecule has 1 aromatic carbocycles. The number of benzene rings is 1. The molecule has 1 aromatic rings. The molecule has 0 aliphatic carbocycles. The number of amides is 2. The second-order valence-electron chi connectivity index (χ2n) is 7.64. The first-order chi connectivity index (χ1) is 12.8. The lowest BCUT2D eigenvalue weighted by molar-refractivity contribution is -0.118. The Morgan fingerprint density at radius 2 is 1.78 bits per heavy atom. The second-order valence-corrected chi connectivity index (χ2v) is 8.62. The number of hydrogen-bond donors (Lipinski definition) is 1. The topological polar surface area (TPSA) is 61.9 Å². The molecule has 6 nitrogen and oxygen atoms in total. The molecule has 1 saturated heterocycles. The van der Waals surface area contributed by atoms with Gasteiger partial charge in [-0.2, -0.15) is 0 Å². The number of nitrogens with one attached hydrogen (secondary N) is 1. The number of thioether (sulfide) groups is 1. The number of carbonyl (C=O) groups is 2. The van der Waals surface area contributed by atoms with E-state index in [4.69, 9.17) is 4.74 Å². The van der Waals surface area contributed by atoms with Crippen LogP contribution in [0.4, 0.5) is 4.79 Å². The molecule has 0 saturated carbocycles. The van der Waals surface area contributed by atoms with Gasteiger partial charge < -0.3 is 15.0 Å². The summed E-state index contributed by atoms with van der Waals surface area (Å²) >= 11 is 1.62. The molecule has 0 aromatic heterocycles. The number of hydrogen-bond acceptors (Lipinski definition) is 5. The Morgan fingerprint density at radius 1 is 1.11 bits per heavy atom. The van der Waals surface area contributed by atoms with Gasteiger partial charge in [-0.15, -0.1) is 11.8 Å². The van der Waals surface area contributed by atoms with E-state index in [2.05, 4.69) is 22.3 Å². The van der Waals surface area contributed by atoms with Gasteiger partial charge in [-0.3, -0.25) is 9.69 Å². The van der Waals surface area contributed by atoms with Crippen molar-refractivity contribution in [1.82, 2.24) is 15.1 Å². The minimum absolute atomic E-state index is 0.0725. The molecule has 2 rings (SSSR count). The van der Waals surface area contributed by atoms with Crippen LogP contribution in [0, 0.1) is 0 Å². The molecule has 27 heavy (non-hydrogen) atoms. The van der Waals surface area contributed by atoms with Crippen LogP contribution in [0.3, 0.4) is 0 Å². The van der Waals surface area contributed by atoms with Crippen LogP contribution in [0.2, 0.25) is 0 Å². The third-order valence-corrected chi connectivity index (χ3v) is 5.12. The van der Waals surface area contributed by atoms with E-state index in [0.717, 1.165) is 25.4 Å². The molecule has 0 unspecified atom stereocenters. The quantitative estimate of drug-likeness (QED) is 0.772. The van der Waals surface area contributed by atoms with E-state index in [-0.39, 0.29) is 12.0 Å². The van der Waals surface area contributed by atoms with Crippen LogP contribution in [0.25, 0.3) is 0 Å². The maximum Gasteiger partial charge on any atom is 0.410 e. The molecule has 1 heterocycles. The summed E-state index contributed by atoms with van der Waals surface area (Å²) in [7, 11) is 0. The molecule has 1 aliphatic rings. The molecule has 2 amide bonds. The average Bonchev–Trinajstić information content (AvgIpc) is 2.62. The lowest BCUT2D eigenvalue weighted by atomic mass is 10.2. The van der Waals surface area contributed by atoms with Gasteiger partial charge >= 0.3 is 6.09 Å². The van der Waals surface area contributed by atoms with E-state index in [9.17, 15) is 9.59 Å². The number of rotatable bonds is 7. The molecule has 7 heteroatoms. The second kappa shape index (κ2) is 10.6. The van der Waals surface area contributed by atoms with E-state index in [1.807, 2.05) is 39.0 Å². The van der Waals surface area contributed by atoms with Crippen molar-refractivity contribution in [3.63, 3.8) is 0 Å². The van der Waals surface area contributed by atoms with Crippen molar-refractivity contribution >= 4 is 23.8 Å². The minimum atomic E-state index is -0.461. The van der Waals surface area contributed by atoms with Gasteiger partial charge in [0.1, 0.15) is 5.60 Å². The molecular weight excluding hydrogens is 362 g/mol. The van der Waals surface area contributed by atoms with E-state index >= 15 is 0 Å². The van der Waals surface area contributed by atoms with Crippen LogP contribution in [0.1, 0.15) is 26.3 Å². The van der Waals surface area contributed by atoms with E-state index in [0.29, 0.717) is 25.4 Å². The van der Waals surface area contributed by atoms with Crippen LogP contribution in [-0.2, 0) is 15.3 Å². The first-order valence-electron chi connectivity index (χ1n) is 9.42. The summed E-state index contributed by atoms with van der Waals surface area (Å²) in [6, 6.07) is 10.2. The van der Waals surface area contributed by atoms with Crippen LogP contribution in [0.15, 0.2) is 30.3 Å². The van der Waals surface area contributed by atoms with E-state index in [1.165, 1.54) is 5.56 Å². The molecule has 150 valence electrons. The minimum Gasteiger partial charge on any atom is -0.444 e. The van der Waals surface area contributed by atoms with Crippen LogP contribution >= 0.6 is 11.8 Å². The Hall–Kier alpha value is -1.73. The summed E-state index contributed by atoms with van der Waals surface area (Å²) in [6.45, 7) is 10.0. The normalized spacial score (nSPS) is 15.4. The van der Waals surface area contributed by atoms with Crippen LogP contribution in [0.5, 0.6) is 0 Å². The van der Waals surface area contributed by atoms with Gasteiger partial charge in [0, 0.05) is 45.0 Å². The smallest absolute Gasteiger partial charge is 0.410 e. The maximum absolute atomic E-state index is 12.1. The first kappa shape index (κ1) is 21.6. The molecule has 0 atom stereocenters. The monoisotopic (exact) mass is 393 g/mol. The highest BCUT2D eigenvalue weighted by molar-refractivity contribution is 7.99. The van der Waals surface area contributed by atoms with Crippen molar-refractivity contribution in [2.24, 2.45) is 0 Å². The summed E-state index contributed by atoms with van der Waals surface area (Å²) in [6.07, 6.45) is -0.245. The molecule has 0 bridgehead atoms. The first-order valence-corrected chi connectivity index (χ1v) is 10.6. The molecule has 1 aliphatic heterocycles. The van der Waals surface area contributed by atoms with Crippen LogP contribution < -0.4 is 5.32 Å². The third-order valence-electron chi connectivity index (χ3n) is 4.12. The van der Waals surface area contributed by atoms with Gasteiger partial charge in [-0.25, -0.2) is 4.79 Å². The van der Waals surface area contributed by atoms with Gasteiger partial charge in [0.2, 0.25) is 5.91 Å². The molecule has 0 radical (unpaired) electrons. The molecular formula is C20H31N3O3S. The SMILES string of the molecule is CC(C)(C)OC(=O)N1CCN(CCNC(=O)CSCc2ccccc2)CC1. The van der Waals surface area contributed by atoms with Gasteiger partial charge in [0.15, 0.2) is 0 Å². The zero-order valence-corrected chi connectivity index (χ0v) is 17.4. The Kier molecular flexibility index (Phi) is 8.44. The number of piperazine rings is 1. The maximum atomic E-state index is 12.1. The number of ether oxygens (including phenoxy) is 1. The van der Waals surface area contributed by atoms with Gasteiger partial charge in [-0.05, 0) is 26.3 Å². The average molecular weight is 394 g/mol. The molecule has 1 N–H and O–H groups in total. The summed E-state index contributed by atoms with van der Waals surface area (Å²) in [4.78, 5) is 28.0. The van der Waals surface area contributed by atoms with Gasteiger partial charge in [-0.1, -0.05) is 30.3 Å². The van der Waals surface area contributed by atoms with Gasteiger partial charge in [0.05, 0.1) is 5.75 Å². The fourth-order valence-electron chi connectivity index (χ4n) is 2.72. The highest BCUT2D eigenvalue weighted by Crippen LogP contribution is 2.12. The molecule has 1 fully saturated rings. The fourth-order valence-corrected chi connectivity index (χ4v) is 3.54. The zero-order chi connectivity index (χ0) is 19.7. The van der Waals surface area contributed by atoms with E-state index in [1.54, 1.807) is 16.7 Å². The lowest BCUT2D eigenvalue weighted by Crippen LogP contribution is -2.51. The van der Waals surface area contributed by atoms with E-state index < -0.39 is 5.60 Å². The van der Waals surface area contributed by atoms with Crippen molar-refractivity contribution < 1.29 is 14.3 Å². The highest BCUT2D eigenvalue weighted by atomic mass is 32.2. The number of nitrogens with zero attached hydrogens (tertiary/aromatic N) is 2. The lowest BCUT2D eigenvalue weighted by Gasteiger charge is -2.35. The fraction of sp³-hybridized carbons (Fsp3) is 0.600. The van der Waals surface area contributed by atoms with Crippen molar-refractivity contribution in [3.8, 4) is 0 Å². The Morgan fingerprint density at radius 3 is 2.41 bits per heavy atom.